The van der Waals surface area contributed by atoms with Crippen LogP contribution in [0.3, 0.4) is 0 Å². The molecule has 0 unspecified atom stereocenters. The van der Waals surface area contributed by atoms with Crippen LogP contribution >= 0.6 is 0 Å². The van der Waals surface area contributed by atoms with Crippen LogP contribution in [-0.4, -0.2) is 16.6 Å². The van der Waals surface area contributed by atoms with Crippen LogP contribution < -0.4 is 5.73 Å². The Morgan fingerprint density at radius 3 is 2.46 bits per heavy atom. The van der Waals surface area contributed by atoms with Gasteiger partial charge in [0.15, 0.2) is 5.82 Å². The van der Waals surface area contributed by atoms with E-state index in [1.807, 2.05) is 0 Å². The number of nitrogens with two attached hydrogens (primary N) is 1. The van der Waals surface area contributed by atoms with Crippen LogP contribution in [0.2, 0.25) is 0 Å². The van der Waals surface area contributed by atoms with E-state index in [1.54, 1.807) is 0 Å². The number of hydrogen-bond acceptors (Lipinski definition) is 4. The predicted molar refractivity (Wildman–Crippen MR) is 32.1 cm³/mol. The second-order valence-electron chi connectivity index (χ2n) is 2.14. The average molecular weight is 199 g/mol. The minimum Gasteiger partial charge on any atom is -0.332 e. The number of rotatable bonds is 3. The maximum Gasteiger partial charge on any atom is 0.383 e. The van der Waals surface area contributed by atoms with Crippen molar-refractivity contribution in [3.05, 3.63) is 11.7 Å². The topological polar surface area (TPSA) is 64.9 Å². The molecule has 2 N–H and O–H groups in total. The van der Waals surface area contributed by atoms with E-state index in [9.17, 15) is 17.6 Å². The van der Waals surface area contributed by atoms with Gasteiger partial charge < -0.3 is 10.3 Å². The van der Waals surface area contributed by atoms with Crippen LogP contribution in [0.1, 0.15) is 11.7 Å². The van der Waals surface area contributed by atoms with E-state index >= 15 is 0 Å². The summed E-state index contributed by atoms with van der Waals surface area (Å²) < 4.78 is 52.2. The highest BCUT2D eigenvalue weighted by atomic mass is 19.3. The molecule has 0 aliphatic carbocycles. The monoisotopic (exact) mass is 199 g/mol. The zero-order valence-corrected chi connectivity index (χ0v) is 6.18. The molecular formula is C5H5F4N3O. The minimum absolute atomic E-state index is 0.240. The lowest BCUT2D eigenvalue weighted by atomic mass is 10.3. The third kappa shape index (κ3) is 1.77. The van der Waals surface area contributed by atoms with Gasteiger partial charge in [0.2, 0.25) is 0 Å². The summed E-state index contributed by atoms with van der Waals surface area (Å²) in [6, 6.07) is 0. The molecule has 1 aromatic heterocycles. The number of halogens is 4. The van der Waals surface area contributed by atoms with Crippen molar-refractivity contribution in [2.45, 2.75) is 18.9 Å². The van der Waals surface area contributed by atoms with Gasteiger partial charge in [-0.25, -0.2) is 8.78 Å². The third-order valence-electron chi connectivity index (χ3n) is 1.21. The zero-order chi connectivity index (χ0) is 10.1. The van der Waals surface area contributed by atoms with Gasteiger partial charge in [-0.05, 0) is 0 Å². The van der Waals surface area contributed by atoms with Crippen molar-refractivity contribution in [2.75, 3.05) is 0 Å². The fourth-order valence-corrected chi connectivity index (χ4v) is 0.566. The Balaban J connectivity index is 2.93. The fourth-order valence-electron chi connectivity index (χ4n) is 0.566. The molecule has 1 aromatic rings. The Labute approximate surface area is 69.7 Å². The van der Waals surface area contributed by atoms with Gasteiger partial charge in [0.25, 0.3) is 0 Å². The van der Waals surface area contributed by atoms with Crippen LogP contribution in [0.4, 0.5) is 17.6 Å². The second-order valence-corrected chi connectivity index (χ2v) is 2.14. The van der Waals surface area contributed by atoms with Crippen LogP contribution in [0.5, 0.6) is 0 Å². The van der Waals surface area contributed by atoms with Crippen LogP contribution in [0, 0.1) is 0 Å². The molecule has 0 atom stereocenters. The summed E-state index contributed by atoms with van der Waals surface area (Å²) >= 11 is 0. The van der Waals surface area contributed by atoms with Crippen LogP contribution in [-0.2, 0) is 12.5 Å². The fraction of sp³-hybridized carbons (Fsp3) is 0.600. The zero-order valence-electron chi connectivity index (χ0n) is 6.18. The first-order chi connectivity index (χ1) is 5.98. The van der Waals surface area contributed by atoms with E-state index < -0.39 is 18.2 Å². The Morgan fingerprint density at radius 1 is 1.46 bits per heavy atom. The number of nitrogens with zero attached hydrogens (tertiary/aromatic N) is 2. The van der Waals surface area contributed by atoms with E-state index in [0.717, 1.165) is 0 Å². The van der Waals surface area contributed by atoms with E-state index in [4.69, 9.17) is 5.73 Å². The Hall–Kier alpha value is -1.18. The summed E-state index contributed by atoms with van der Waals surface area (Å²) in [4.78, 5) is 2.99. The van der Waals surface area contributed by atoms with Crippen molar-refractivity contribution in [3.8, 4) is 0 Å². The lowest BCUT2D eigenvalue weighted by molar-refractivity contribution is -0.152. The van der Waals surface area contributed by atoms with Gasteiger partial charge in [-0.15, -0.1) is 0 Å². The summed E-state index contributed by atoms with van der Waals surface area (Å²) in [5.41, 5.74) is 4.97. The van der Waals surface area contributed by atoms with E-state index in [0.29, 0.717) is 0 Å². The molecule has 1 heterocycles. The predicted octanol–water partition coefficient (Wildman–Crippen LogP) is 0.885. The number of alkyl halides is 4. The minimum atomic E-state index is -4.42. The molecule has 74 valence electrons. The lowest BCUT2D eigenvalue weighted by Crippen LogP contribution is -2.24. The smallest absolute Gasteiger partial charge is 0.332 e. The van der Waals surface area contributed by atoms with Crippen LogP contribution in [0.25, 0.3) is 0 Å². The van der Waals surface area contributed by atoms with Gasteiger partial charge in [-0.1, -0.05) is 5.16 Å². The quantitative estimate of drug-likeness (QED) is 0.734. The molecule has 0 amide bonds. The summed E-state index contributed by atoms with van der Waals surface area (Å²) in [6.45, 7) is -0.247. The highest BCUT2D eigenvalue weighted by molar-refractivity contribution is 4.94. The van der Waals surface area contributed by atoms with E-state index in [1.165, 1.54) is 0 Å². The van der Waals surface area contributed by atoms with Gasteiger partial charge in [-0.3, -0.25) is 0 Å². The average Bonchev–Trinajstić information content (AvgIpc) is 2.51. The maximum atomic E-state index is 12.4. The third-order valence-corrected chi connectivity index (χ3v) is 1.21. The molecule has 13 heavy (non-hydrogen) atoms. The van der Waals surface area contributed by atoms with Crippen LogP contribution in [0.15, 0.2) is 4.52 Å². The van der Waals surface area contributed by atoms with Gasteiger partial charge in [0.05, 0.1) is 6.54 Å². The molecule has 0 aliphatic heterocycles. The molecule has 0 fully saturated rings. The van der Waals surface area contributed by atoms with Crippen molar-refractivity contribution >= 4 is 0 Å². The summed E-state index contributed by atoms with van der Waals surface area (Å²) in [5.74, 6) is -6.07. The molecule has 0 aliphatic rings. The van der Waals surface area contributed by atoms with Gasteiger partial charge >= 0.3 is 18.2 Å². The number of aromatic nitrogens is 2. The lowest BCUT2D eigenvalue weighted by Gasteiger charge is -2.08. The maximum absolute atomic E-state index is 12.4. The van der Waals surface area contributed by atoms with E-state index in [-0.39, 0.29) is 12.4 Å². The summed E-state index contributed by atoms with van der Waals surface area (Å²) in [6.07, 6.45) is -3.88. The molecule has 0 radical (unpaired) electrons. The largest absolute Gasteiger partial charge is 0.383 e. The van der Waals surface area contributed by atoms with Gasteiger partial charge in [0.1, 0.15) is 0 Å². The number of hydrogen-bond donors (Lipinski definition) is 1. The molecule has 1 rings (SSSR count). The van der Waals surface area contributed by atoms with E-state index in [2.05, 4.69) is 14.7 Å². The molecule has 0 saturated carbocycles. The van der Waals surface area contributed by atoms with Gasteiger partial charge in [0, 0.05) is 0 Å². The SMILES string of the molecule is NCc1noc(C(F)(F)C(F)F)n1. The Bertz CT molecular complexity index is 287. The van der Waals surface area contributed by atoms with Crippen molar-refractivity contribution in [2.24, 2.45) is 5.73 Å². The normalized spacial score (nSPS) is 12.5. The highest BCUT2D eigenvalue weighted by Gasteiger charge is 2.48. The molecule has 0 spiro atoms. The second kappa shape index (κ2) is 3.29. The van der Waals surface area contributed by atoms with Crippen molar-refractivity contribution in [3.63, 3.8) is 0 Å². The molecule has 0 saturated heterocycles. The first-order valence-electron chi connectivity index (χ1n) is 3.17. The van der Waals surface area contributed by atoms with Crippen molar-refractivity contribution in [1.29, 1.82) is 0 Å². The van der Waals surface area contributed by atoms with Gasteiger partial charge in [-0.2, -0.15) is 13.8 Å². The highest BCUT2D eigenvalue weighted by Crippen LogP contribution is 2.32. The Morgan fingerprint density at radius 2 is 2.08 bits per heavy atom. The summed E-state index contributed by atoms with van der Waals surface area (Å²) in [7, 11) is 0. The molecule has 0 aromatic carbocycles. The first-order valence-corrected chi connectivity index (χ1v) is 3.17. The molecular weight excluding hydrogens is 194 g/mol. The first kappa shape index (κ1) is 9.90. The van der Waals surface area contributed by atoms with Crippen molar-refractivity contribution in [1.82, 2.24) is 10.1 Å². The van der Waals surface area contributed by atoms with Crippen molar-refractivity contribution < 1.29 is 22.1 Å². The Kier molecular flexibility index (Phi) is 2.50. The molecule has 4 nitrogen and oxygen atoms in total. The molecule has 8 heteroatoms. The summed E-state index contributed by atoms with van der Waals surface area (Å²) in [5, 5.41) is 2.96. The standard InChI is InChI=1S/C5H5F4N3O/c6-3(7)5(8,9)4-11-2(1-10)12-13-4/h3H,1,10H2. The molecule has 0 bridgehead atoms.